The highest BCUT2D eigenvalue weighted by molar-refractivity contribution is 5.70. The number of hydrogen-bond acceptors (Lipinski definition) is 5. The van der Waals surface area contributed by atoms with Crippen molar-refractivity contribution in [2.75, 3.05) is 19.8 Å². The Labute approximate surface area is 387 Å². The Morgan fingerprint density at radius 1 is 0.339 bits per heavy atom. The van der Waals surface area contributed by atoms with E-state index < -0.39 is 6.10 Å². The van der Waals surface area contributed by atoms with E-state index in [-0.39, 0.29) is 18.5 Å². The highest BCUT2D eigenvalue weighted by Crippen LogP contribution is 2.16. The van der Waals surface area contributed by atoms with Crippen LogP contribution < -0.4 is 0 Å². The summed E-state index contributed by atoms with van der Waals surface area (Å²) in [4.78, 5) is 25.4. The molecule has 5 nitrogen and oxygen atoms in total. The number of ether oxygens (including phenoxy) is 3. The van der Waals surface area contributed by atoms with E-state index in [2.05, 4.69) is 45.1 Å². The van der Waals surface area contributed by atoms with Gasteiger partial charge in [0.1, 0.15) is 6.61 Å². The van der Waals surface area contributed by atoms with Gasteiger partial charge in [-0.2, -0.15) is 0 Å². The minimum Gasteiger partial charge on any atom is -0.462 e. The van der Waals surface area contributed by atoms with Crippen LogP contribution in [0.2, 0.25) is 0 Å². The smallest absolute Gasteiger partial charge is 0.306 e. The number of carbonyl (C=O) groups is 2. The molecule has 0 N–H and O–H groups in total. The molecule has 0 bridgehead atoms. The molecule has 0 aliphatic carbocycles. The maximum Gasteiger partial charge on any atom is 0.306 e. The molecule has 1 atom stereocenters. The molecule has 0 aromatic carbocycles. The van der Waals surface area contributed by atoms with Gasteiger partial charge in [0.05, 0.1) is 6.61 Å². The van der Waals surface area contributed by atoms with Crippen molar-refractivity contribution in [3.63, 3.8) is 0 Å². The number of esters is 2. The Morgan fingerprint density at radius 3 is 1.00 bits per heavy atom. The molecule has 0 fully saturated rings. The lowest BCUT2D eigenvalue weighted by atomic mass is 10.0. The summed E-state index contributed by atoms with van der Waals surface area (Å²) >= 11 is 0. The number of hydrogen-bond donors (Lipinski definition) is 0. The second kappa shape index (κ2) is 53.7. The topological polar surface area (TPSA) is 61.8 Å². The van der Waals surface area contributed by atoms with Crippen molar-refractivity contribution >= 4 is 11.9 Å². The number of unbranched alkanes of at least 4 members (excludes halogenated alkanes) is 37. The molecule has 366 valence electrons. The summed E-state index contributed by atoms with van der Waals surface area (Å²) in [6.45, 7) is 7.86. The van der Waals surface area contributed by atoms with Gasteiger partial charge in [0, 0.05) is 19.4 Å². The van der Waals surface area contributed by atoms with E-state index in [1.54, 1.807) is 0 Å². The summed E-state index contributed by atoms with van der Waals surface area (Å²) in [7, 11) is 0. The fraction of sp³-hybridized carbons (Fsp3) is 0.895. The van der Waals surface area contributed by atoms with Crippen LogP contribution in [0, 0.1) is 0 Å². The Morgan fingerprint density at radius 2 is 0.629 bits per heavy atom. The van der Waals surface area contributed by atoms with Crippen molar-refractivity contribution in [1.29, 1.82) is 0 Å². The van der Waals surface area contributed by atoms with Crippen molar-refractivity contribution in [2.45, 2.75) is 309 Å². The summed E-state index contributed by atoms with van der Waals surface area (Å²) < 4.78 is 17.5. The van der Waals surface area contributed by atoms with Gasteiger partial charge in [-0.05, 0) is 70.6 Å². The van der Waals surface area contributed by atoms with Crippen molar-refractivity contribution in [1.82, 2.24) is 0 Å². The molecule has 0 amide bonds. The number of allylic oxidation sites excluding steroid dienone is 4. The minimum absolute atomic E-state index is 0.0860. The molecule has 0 saturated heterocycles. The van der Waals surface area contributed by atoms with E-state index in [0.717, 1.165) is 44.9 Å². The van der Waals surface area contributed by atoms with E-state index in [1.807, 2.05) is 0 Å². The highest BCUT2D eigenvalue weighted by atomic mass is 16.6. The summed E-state index contributed by atoms with van der Waals surface area (Å²) in [6.07, 6.45) is 63.3. The standard InChI is InChI=1S/C57H108O5/c1-4-7-10-13-16-19-22-25-28-31-34-37-40-43-46-49-52-60-53-55(62-57(59)51-48-45-42-39-36-33-30-27-24-21-18-15-12-9-6-3)54-61-56(58)50-47-44-41-38-35-32-29-26-23-20-17-14-11-8-5-2/h21,24,26,29,55H,4-20,22-23,25,27-28,30-54H2,1-3H3/b24-21-,29-26-/t55-/m1/s1. The molecule has 0 aliphatic rings. The molecule has 0 spiro atoms. The first-order valence-electron chi connectivity index (χ1n) is 27.9. The second-order valence-corrected chi connectivity index (χ2v) is 18.8. The Bertz CT molecular complexity index is 943. The fourth-order valence-corrected chi connectivity index (χ4v) is 8.27. The lowest BCUT2D eigenvalue weighted by molar-refractivity contribution is -0.163. The fourth-order valence-electron chi connectivity index (χ4n) is 8.27. The van der Waals surface area contributed by atoms with Crippen LogP contribution in [-0.4, -0.2) is 37.9 Å². The van der Waals surface area contributed by atoms with Crippen molar-refractivity contribution in [3.05, 3.63) is 24.3 Å². The first-order valence-corrected chi connectivity index (χ1v) is 27.9. The Hall–Kier alpha value is -1.62. The van der Waals surface area contributed by atoms with Crippen LogP contribution in [-0.2, 0) is 23.8 Å². The van der Waals surface area contributed by atoms with Gasteiger partial charge >= 0.3 is 11.9 Å². The number of rotatable bonds is 52. The normalized spacial score (nSPS) is 12.2. The summed E-state index contributed by atoms with van der Waals surface area (Å²) in [6, 6.07) is 0. The zero-order valence-electron chi connectivity index (χ0n) is 42.2. The van der Waals surface area contributed by atoms with Gasteiger partial charge < -0.3 is 14.2 Å². The van der Waals surface area contributed by atoms with Gasteiger partial charge in [0.2, 0.25) is 0 Å². The maximum atomic E-state index is 12.8. The van der Waals surface area contributed by atoms with Gasteiger partial charge in [-0.25, -0.2) is 0 Å². The van der Waals surface area contributed by atoms with Gasteiger partial charge in [0.25, 0.3) is 0 Å². The Kier molecular flexibility index (Phi) is 52.3. The average Bonchev–Trinajstić information content (AvgIpc) is 3.27. The largest absolute Gasteiger partial charge is 0.462 e. The summed E-state index contributed by atoms with van der Waals surface area (Å²) in [5.41, 5.74) is 0. The predicted molar refractivity (Wildman–Crippen MR) is 270 cm³/mol. The lowest BCUT2D eigenvalue weighted by Gasteiger charge is -2.18. The Balaban J connectivity index is 4.24. The third kappa shape index (κ3) is 51.0. The molecular formula is C57H108O5. The molecule has 0 aromatic rings. The van der Waals surface area contributed by atoms with Gasteiger partial charge in [-0.15, -0.1) is 0 Å². The van der Waals surface area contributed by atoms with Crippen molar-refractivity contribution < 1.29 is 23.8 Å². The molecule has 0 saturated carbocycles. The van der Waals surface area contributed by atoms with Gasteiger partial charge in [0.15, 0.2) is 6.10 Å². The molecular weight excluding hydrogens is 765 g/mol. The van der Waals surface area contributed by atoms with Crippen LogP contribution in [0.15, 0.2) is 24.3 Å². The van der Waals surface area contributed by atoms with Crippen molar-refractivity contribution in [3.8, 4) is 0 Å². The molecule has 0 aromatic heterocycles. The van der Waals surface area contributed by atoms with Gasteiger partial charge in [-0.3, -0.25) is 9.59 Å². The van der Waals surface area contributed by atoms with Crippen LogP contribution in [0.25, 0.3) is 0 Å². The van der Waals surface area contributed by atoms with E-state index in [1.165, 1.54) is 225 Å². The molecule has 0 heterocycles. The summed E-state index contributed by atoms with van der Waals surface area (Å²) in [5.74, 6) is -0.393. The molecule has 5 heteroatoms. The van der Waals surface area contributed by atoms with E-state index >= 15 is 0 Å². The number of carbonyl (C=O) groups excluding carboxylic acids is 2. The van der Waals surface area contributed by atoms with Gasteiger partial charge in [-0.1, -0.05) is 244 Å². The van der Waals surface area contributed by atoms with Crippen LogP contribution in [0.3, 0.4) is 0 Å². The van der Waals surface area contributed by atoms with Crippen LogP contribution in [0.5, 0.6) is 0 Å². The maximum absolute atomic E-state index is 12.8. The molecule has 0 rings (SSSR count). The van der Waals surface area contributed by atoms with E-state index in [0.29, 0.717) is 26.1 Å². The third-order valence-corrected chi connectivity index (χ3v) is 12.5. The zero-order valence-corrected chi connectivity index (χ0v) is 42.2. The van der Waals surface area contributed by atoms with E-state index in [9.17, 15) is 9.59 Å². The molecule has 62 heavy (non-hydrogen) atoms. The van der Waals surface area contributed by atoms with E-state index in [4.69, 9.17) is 14.2 Å². The monoisotopic (exact) mass is 873 g/mol. The average molecular weight is 873 g/mol. The first kappa shape index (κ1) is 60.4. The predicted octanol–water partition coefficient (Wildman–Crippen LogP) is 18.8. The summed E-state index contributed by atoms with van der Waals surface area (Å²) in [5, 5.41) is 0. The molecule has 0 aliphatic heterocycles. The first-order chi connectivity index (χ1) is 30.6. The molecule has 0 unspecified atom stereocenters. The zero-order chi connectivity index (χ0) is 44.9. The molecule has 0 radical (unpaired) electrons. The minimum atomic E-state index is -0.535. The highest BCUT2D eigenvalue weighted by Gasteiger charge is 2.17. The quantitative estimate of drug-likeness (QED) is 0.0346. The second-order valence-electron chi connectivity index (χ2n) is 18.8. The van der Waals surface area contributed by atoms with Crippen LogP contribution >= 0.6 is 0 Å². The van der Waals surface area contributed by atoms with Crippen LogP contribution in [0.4, 0.5) is 0 Å². The SMILES string of the molecule is CCCCCC/C=C\CCCCCCCCCC(=O)O[C@H](COCCCCCCCCCCCCCCCCCC)COC(=O)CCCCCCC/C=C\CCCCCCCC. The van der Waals surface area contributed by atoms with Crippen molar-refractivity contribution in [2.24, 2.45) is 0 Å². The third-order valence-electron chi connectivity index (χ3n) is 12.5. The van der Waals surface area contributed by atoms with Crippen LogP contribution in [0.1, 0.15) is 303 Å². The lowest BCUT2D eigenvalue weighted by Crippen LogP contribution is -2.30.